The van der Waals surface area contributed by atoms with Gasteiger partial charge in [0, 0.05) is 6.42 Å². The molecular weight excluding hydrogens is 172 g/mol. The van der Waals surface area contributed by atoms with Crippen molar-refractivity contribution in [2.24, 2.45) is 0 Å². The summed E-state index contributed by atoms with van der Waals surface area (Å²) in [7, 11) is 0. The Bertz CT molecular complexity index is 108. The second-order valence-corrected chi connectivity index (χ2v) is 2.30. The van der Waals surface area contributed by atoms with Gasteiger partial charge in [0.05, 0.1) is 13.2 Å². The molecule has 0 rings (SSSR count). The maximum absolute atomic E-state index is 4.90. The first-order valence-electron chi connectivity index (χ1n) is 4.52. The van der Waals surface area contributed by atoms with Crippen molar-refractivity contribution in [2.45, 2.75) is 33.0 Å². The van der Waals surface area contributed by atoms with Crippen LogP contribution in [0.2, 0.25) is 0 Å². The van der Waals surface area contributed by atoms with E-state index in [-0.39, 0.29) is 0 Å². The second-order valence-electron chi connectivity index (χ2n) is 2.30. The molecule has 0 saturated carbocycles. The molecular formula is C9H18O4. The highest BCUT2D eigenvalue weighted by atomic mass is 17.3. The van der Waals surface area contributed by atoms with Crippen LogP contribution < -0.4 is 0 Å². The molecule has 78 valence electrons. The molecule has 0 bridgehead atoms. The summed E-state index contributed by atoms with van der Waals surface area (Å²) in [4.78, 5) is 19.3. The number of hydrogen-bond donors (Lipinski definition) is 0. The lowest BCUT2D eigenvalue weighted by molar-refractivity contribution is -0.461. The Morgan fingerprint density at radius 1 is 1.15 bits per heavy atom. The van der Waals surface area contributed by atoms with Crippen LogP contribution in [0, 0.1) is 0 Å². The van der Waals surface area contributed by atoms with Crippen LogP contribution in [0.25, 0.3) is 0 Å². The minimum atomic E-state index is -0.474. The summed E-state index contributed by atoms with van der Waals surface area (Å²) in [6, 6.07) is 0. The van der Waals surface area contributed by atoms with Gasteiger partial charge < -0.3 is 0 Å². The highest BCUT2D eigenvalue weighted by molar-refractivity contribution is 4.66. The monoisotopic (exact) mass is 190 g/mol. The normalized spacial score (nSPS) is 10.7. The predicted molar refractivity (Wildman–Crippen MR) is 48.6 cm³/mol. The Hall–Kier alpha value is -0.420. The minimum Gasteiger partial charge on any atom is -0.234 e. The lowest BCUT2D eigenvalue weighted by Gasteiger charge is -2.14. The molecule has 0 radical (unpaired) electrons. The molecule has 0 aromatic rings. The summed E-state index contributed by atoms with van der Waals surface area (Å²) in [5, 5.41) is 0. The van der Waals surface area contributed by atoms with E-state index >= 15 is 0 Å². The van der Waals surface area contributed by atoms with Gasteiger partial charge in [-0.25, -0.2) is 19.6 Å². The highest BCUT2D eigenvalue weighted by Gasteiger charge is 2.10. The maximum atomic E-state index is 4.90. The fourth-order valence-electron chi connectivity index (χ4n) is 0.654. The molecule has 0 amide bonds. The molecule has 0 aliphatic rings. The fraction of sp³-hybridized carbons (Fsp3) is 0.778. The van der Waals surface area contributed by atoms with Gasteiger partial charge in [-0.1, -0.05) is 6.08 Å². The van der Waals surface area contributed by atoms with Crippen molar-refractivity contribution in [3.63, 3.8) is 0 Å². The van der Waals surface area contributed by atoms with Crippen LogP contribution in [0.4, 0.5) is 0 Å². The molecule has 0 fully saturated rings. The topological polar surface area (TPSA) is 36.9 Å². The highest BCUT2D eigenvalue weighted by Crippen LogP contribution is 2.05. The van der Waals surface area contributed by atoms with Crippen molar-refractivity contribution in [1.82, 2.24) is 0 Å². The number of rotatable bonds is 9. The van der Waals surface area contributed by atoms with E-state index in [0.717, 1.165) is 6.42 Å². The first-order chi connectivity index (χ1) is 6.35. The summed E-state index contributed by atoms with van der Waals surface area (Å²) in [6.45, 7) is 8.25. The molecule has 0 unspecified atom stereocenters. The summed E-state index contributed by atoms with van der Waals surface area (Å²) >= 11 is 0. The molecule has 0 N–H and O–H groups in total. The smallest absolute Gasteiger partial charge is 0.224 e. The van der Waals surface area contributed by atoms with Crippen molar-refractivity contribution in [2.75, 3.05) is 13.2 Å². The Kier molecular flexibility index (Phi) is 9.35. The lowest BCUT2D eigenvalue weighted by Crippen LogP contribution is -2.17. The number of allylic oxidation sites excluding steroid dienone is 1. The molecule has 0 spiro atoms. The third-order valence-electron chi connectivity index (χ3n) is 1.19. The molecule has 4 nitrogen and oxygen atoms in total. The molecule has 0 heterocycles. The van der Waals surface area contributed by atoms with Gasteiger partial charge in [0.25, 0.3) is 0 Å². The average Bonchev–Trinajstić information content (AvgIpc) is 2.17. The van der Waals surface area contributed by atoms with Gasteiger partial charge in [-0.2, -0.15) is 0 Å². The SMILES string of the molecule is C=CCCC(OOCC)OOCC. The third kappa shape index (κ3) is 7.93. The van der Waals surface area contributed by atoms with Gasteiger partial charge in [0.1, 0.15) is 0 Å². The van der Waals surface area contributed by atoms with Gasteiger partial charge >= 0.3 is 0 Å². The van der Waals surface area contributed by atoms with Crippen molar-refractivity contribution in [3.8, 4) is 0 Å². The average molecular weight is 190 g/mol. The maximum Gasteiger partial charge on any atom is 0.224 e. The van der Waals surface area contributed by atoms with E-state index in [4.69, 9.17) is 19.6 Å². The zero-order valence-electron chi connectivity index (χ0n) is 8.32. The minimum absolute atomic E-state index is 0.474. The Morgan fingerprint density at radius 3 is 2.08 bits per heavy atom. The Morgan fingerprint density at radius 2 is 1.69 bits per heavy atom. The molecule has 13 heavy (non-hydrogen) atoms. The van der Waals surface area contributed by atoms with Crippen LogP contribution in [0.3, 0.4) is 0 Å². The zero-order valence-corrected chi connectivity index (χ0v) is 8.32. The van der Waals surface area contributed by atoms with Crippen molar-refractivity contribution < 1.29 is 19.6 Å². The molecule has 4 heteroatoms. The largest absolute Gasteiger partial charge is 0.234 e. The van der Waals surface area contributed by atoms with Crippen LogP contribution in [0.15, 0.2) is 12.7 Å². The summed E-state index contributed by atoms with van der Waals surface area (Å²) < 4.78 is 0. The van der Waals surface area contributed by atoms with E-state index in [1.165, 1.54) is 0 Å². The molecule has 0 aliphatic heterocycles. The van der Waals surface area contributed by atoms with Crippen LogP contribution in [0.1, 0.15) is 26.7 Å². The molecule has 0 aromatic carbocycles. The van der Waals surface area contributed by atoms with Gasteiger partial charge in [-0.3, -0.25) is 0 Å². The standard InChI is InChI=1S/C9H18O4/c1-4-7-8-9(12-10-5-2)13-11-6-3/h4,9H,1,5-8H2,2-3H3. The van der Waals surface area contributed by atoms with Gasteiger partial charge in [0.15, 0.2) is 0 Å². The van der Waals surface area contributed by atoms with Crippen molar-refractivity contribution in [3.05, 3.63) is 12.7 Å². The summed E-state index contributed by atoms with van der Waals surface area (Å²) in [6.07, 6.45) is 2.78. The van der Waals surface area contributed by atoms with Crippen molar-refractivity contribution in [1.29, 1.82) is 0 Å². The molecule has 0 aliphatic carbocycles. The van der Waals surface area contributed by atoms with E-state index in [1.54, 1.807) is 6.08 Å². The first kappa shape index (κ1) is 12.6. The molecule has 0 saturated heterocycles. The fourth-order valence-corrected chi connectivity index (χ4v) is 0.654. The van der Waals surface area contributed by atoms with E-state index in [2.05, 4.69) is 6.58 Å². The Labute approximate surface area is 79.3 Å². The number of hydrogen-bond acceptors (Lipinski definition) is 4. The Balaban J connectivity index is 3.52. The predicted octanol–water partition coefficient (Wildman–Crippen LogP) is 2.21. The summed E-state index contributed by atoms with van der Waals surface area (Å²) in [5.41, 5.74) is 0. The first-order valence-corrected chi connectivity index (χ1v) is 4.52. The van der Waals surface area contributed by atoms with Crippen LogP contribution in [0.5, 0.6) is 0 Å². The van der Waals surface area contributed by atoms with E-state index in [9.17, 15) is 0 Å². The van der Waals surface area contributed by atoms with Crippen LogP contribution in [-0.4, -0.2) is 19.5 Å². The second kappa shape index (κ2) is 9.67. The zero-order chi connectivity index (χ0) is 9.94. The lowest BCUT2D eigenvalue weighted by atomic mass is 10.3. The van der Waals surface area contributed by atoms with Crippen LogP contribution in [-0.2, 0) is 19.6 Å². The van der Waals surface area contributed by atoms with Crippen LogP contribution >= 0.6 is 0 Å². The van der Waals surface area contributed by atoms with Gasteiger partial charge in [-0.05, 0) is 20.3 Å². The third-order valence-corrected chi connectivity index (χ3v) is 1.19. The van der Waals surface area contributed by atoms with E-state index in [0.29, 0.717) is 19.6 Å². The van der Waals surface area contributed by atoms with Gasteiger partial charge in [-0.15, -0.1) is 6.58 Å². The van der Waals surface area contributed by atoms with Gasteiger partial charge in [0.2, 0.25) is 6.29 Å². The van der Waals surface area contributed by atoms with E-state index < -0.39 is 6.29 Å². The quantitative estimate of drug-likeness (QED) is 0.242. The molecule has 0 atom stereocenters. The van der Waals surface area contributed by atoms with E-state index in [1.807, 2.05) is 13.8 Å². The summed E-state index contributed by atoms with van der Waals surface area (Å²) in [5.74, 6) is 0. The molecule has 0 aromatic heterocycles. The van der Waals surface area contributed by atoms with Crippen molar-refractivity contribution >= 4 is 0 Å².